The van der Waals surface area contributed by atoms with E-state index < -0.39 is 0 Å². The molecular weight excluding hydrogens is 226 g/mol. The van der Waals surface area contributed by atoms with Crippen molar-refractivity contribution in [2.45, 2.75) is 18.9 Å². The van der Waals surface area contributed by atoms with Crippen LogP contribution < -0.4 is 11.1 Å². The molecule has 2 unspecified atom stereocenters. The van der Waals surface area contributed by atoms with Gasteiger partial charge in [-0.3, -0.25) is 9.69 Å². The summed E-state index contributed by atoms with van der Waals surface area (Å²) in [5.41, 5.74) is 7.84. The Morgan fingerprint density at radius 3 is 3.06 bits per heavy atom. The predicted molar refractivity (Wildman–Crippen MR) is 71.2 cm³/mol. The van der Waals surface area contributed by atoms with Crippen LogP contribution in [0.15, 0.2) is 24.3 Å². The summed E-state index contributed by atoms with van der Waals surface area (Å²) in [6.45, 7) is 2.64. The quantitative estimate of drug-likeness (QED) is 0.827. The van der Waals surface area contributed by atoms with Crippen LogP contribution in [0.1, 0.15) is 24.4 Å². The smallest absolute Gasteiger partial charge is 0.246 e. The zero-order valence-corrected chi connectivity index (χ0v) is 10.4. The zero-order valence-electron chi connectivity index (χ0n) is 10.4. The van der Waals surface area contributed by atoms with Gasteiger partial charge in [0.2, 0.25) is 5.91 Å². The fraction of sp³-hybridized carbons (Fsp3) is 0.500. The largest absolute Gasteiger partial charge is 0.330 e. The fourth-order valence-electron chi connectivity index (χ4n) is 3.08. The second-order valence-corrected chi connectivity index (χ2v) is 5.22. The summed E-state index contributed by atoms with van der Waals surface area (Å²) in [4.78, 5) is 14.4. The normalized spacial score (nSPS) is 27.9. The predicted octanol–water partition coefficient (Wildman–Crippen LogP) is 1.35. The fourth-order valence-corrected chi connectivity index (χ4v) is 3.08. The van der Waals surface area contributed by atoms with Gasteiger partial charge in [0.15, 0.2) is 0 Å². The van der Waals surface area contributed by atoms with E-state index in [-0.39, 0.29) is 11.9 Å². The lowest BCUT2D eigenvalue weighted by Crippen LogP contribution is -2.42. The summed E-state index contributed by atoms with van der Waals surface area (Å²) in [6, 6.07) is 7.86. The number of nitrogens with zero attached hydrogens (tertiary/aromatic N) is 1. The molecule has 0 bridgehead atoms. The van der Waals surface area contributed by atoms with Gasteiger partial charge in [-0.15, -0.1) is 0 Å². The second kappa shape index (κ2) is 4.71. The minimum absolute atomic E-state index is 0.105. The number of likely N-dealkylation sites (tertiary alicyclic amines) is 1. The molecule has 0 saturated carbocycles. The Balaban J connectivity index is 1.85. The van der Waals surface area contributed by atoms with Gasteiger partial charge in [0, 0.05) is 17.8 Å². The molecule has 96 valence electrons. The van der Waals surface area contributed by atoms with Crippen molar-refractivity contribution >= 4 is 11.6 Å². The maximum Gasteiger partial charge on any atom is 0.246 e. The van der Waals surface area contributed by atoms with Crippen molar-refractivity contribution in [1.82, 2.24) is 4.90 Å². The number of fused-ring (bicyclic) bond motifs is 1. The van der Waals surface area contributed by atoms with Crippen molar-refractivity contribution in [2.24, 2.45) is 11.7 Å². The van der Waals surface area contributed by atoms with Gasteiger partial charge in [-0.25, -0.2) is 0 Å². The van der Waals surface area contributed by atoms with Crippen LogP contribution in [0.3, 0.4) is 0 Å². The summed E-state index contributed by atoms with van der Waals surface area (Å²) < 4.78 is 0. The molecule has 1 amide bonds. The third-order valence-electron chi connectivity index (χ3n) is 4.01. The summed E-state index contributed by atoms with van der Waals surface area (Å²) >= 11 is 0. The van der Waals surface area contributed by atoms with Crippen LogP contribution in [0.4, 0.5) is 5.69 Å². The first-order chi connectivity index (χ1) is 8.79. The van der Waals surface area contributed by atoms with Crippen molar-refractivity contribution in [3.05, 3.63) is 29.8 Å². The number of anilines is 1. The molecule has 0 radical (unpaired) electrons. The number of carbonyl (C=O) groups excluding carboxylic acids is 1. The number of amides is 1. The Hall–Kier alpha value is -1.39. The Morgan fingerprint density at radius 2 is 2.22 bits per heavy atom. The van der Waals surface area contributed by atoms with E-state index >= 15 is 0 Å². The molecule has 0 spiro atoms. The molecule has 2 aliphatic rings. The van der Waals surface area contributed by atoms with E-state index in [2.05, 4.69) is 10.2 Å². The van der Waals surface area contributed by atoms with Crippen molar-refractivity contribution in [3.8, 4) is 0 Å². The molecular formula is C14H19N3O. The first-order valence-corrected chi connectivity index (χ1v) is 6.63. The summed E-state index contributed by atoms with van der Waals surface area (Å²) in [6.07, 6.45) is 2.32. The second-order valence-electron chi connectivity index (χ2n) is 5.22. The van der Waals surface area contributed by atoms with Crippen LogP contribution in [0.25, 0.3) is 0 Å². The molecule has 0 aromatic heterocycles. The summed E-state index contributed by atoms with van der Waals surface area (Å²) in [5, 5.41) is 2.97. The highest BCUT2D eigenvalue weighted by molar-refractivity contribution is 6.02. The van der Waals surface area contributed by atoms with Crippen molar-refractivity contribution in [3.63, 3.8) is 0 Å². The monoisotopic (exact) mass is 245 g/mol. The average Bonchev–Trinajstić information content (AvgIpc) is 2.74. The lowest BCUT2D eigenvalue weighted by molar-refractivity contribution is -0.121. The summed E-state index contributed by atoms with van der Waals surface area (Å²) in [5.74, 6) is 0.633. The van der Waals surface area contributed by atoms with Crippen LogP contribution in [-0.4, -0.2) is 30.4 Å². The number of hydrogen-bond acceptors (Lipinski definition) is 3. The molecule has 0 aliphatic carbocycles. The number of para-hydroxylation sites is 1. The van der Waals surface area contributed by atoms with Crippen LogP contribution in [0.2, 0.25) is 0 Å². The number of rotatable bonds is 2. The van der Waals surface area contributed by atoms with E-state index in [0.717, 1.165) is 30.8 Å². The molecule has 4 nitrogen and oxygen atoms in total. The van der Waals surface area contributed by atoms with Gasteiger partial charge in [0.1, 0.15) is 6.04 Å². The number of piperidine rings is 1. The van der Waals surface area contributed by atoms with Crippen LogP contribution in [0, 0.1) is 5.92 Å². The van der Waals surface area contributed by atoms with Gasteiger partial charge < -0.3 is 11.1 Å². The number of hydrogen-bond donors (Lipinski definition) is 2. The minimum Gasteiger partial charge on any atom is -0.330 e. The molecule has 3 N–H and O–H groups in total. The highest BCUT2D eigenvalue weighted by Crippen LogP contribution is 2.36. The van der Waals surface area contributed by atoms with Crippen molar-refractivity contribution in [1.29, 1.82) is 0 Å². The van der Waals surface area contributed by atoms with E-state index in [1.54, 1.807) is 0 Å². The van der Waals surface area contributed by atoms with Gasteiger partial charge in [0.05, 0.1) is 0 Å². The van der Waals surface area contributed by atoms with E-state index in [1.807, 2.05) is 24.3 Å². The highest BCUT2D eigenvalue weighted by atomic mass is 16.2. The van der Waals surface area contributed by atoms with Crippen molar-refractivity contribution < 1.29 is 4.79 Å². The van der Waals surface area contributed by atoms with Gasteiger partial charge in [-0.1, -0.05) is 18.2 Å². The van der Waals surface area contributed by atoms with Crippen LogP contribution in [0.5, 0.6) is 0 Å². The molecule has 1 aromatic rings. The first-order valence-electron chi connectivity index (χ1n) is 6.63. The van der Waals surface area contributed by atoms with E-state index in [4.69, 9.17) is 5.73 Å². The Bertz CT molecular complexity index is 460. The number of benzene rings is 1. The Labute approximate surface area is 107 Å². The van der Waals surface area contributed by atoms with Gasteiger partial charge >= 0.3 is 0 Å². The molecule has 3 rings (SSSR count). The van der Waals surface area contributed by atoms with E-state index in [9.17, 15) is 4.79 Å². The highest BCUT2D eigenvalue weighted by Gasteiger charge is 2.36. The maximum absolute atomic E-state index is 12.1. The van der Waals surface area contributed by atoms with Crippen LogP contribution >= 0.6 is 0 Å². The molecule has 1 saturated heterocycles. The SMILES string of the molecule is NCC1CCCN(C2C(=O)Nc3ccccc32)C1. The molecule has 18 heavy (non-hydrogen) atoms. The summed E-state index contributed by atoms with van der Waals surface area (Å²) in [7, 11) is 0. The van der Waals surface area contributed by atoms with Crippen molar-refractivity contribution in [2.75, 3.05) is 25.0 Å². The Morgan fingerprint density at radius 1 is 1.39 bits per heavy atom. The number of nitrogens with two attached hydrogens (primary N) is 1. The molecule has 2 heterocycles. The third-order valence-corrected chi connectivity index (χ3v) is 4.01. The van der Waals surface area contributed by atoms with Gasteiger partial charge in [-0.2, -0.15) is 0 Å². The number of nitrogens with one attached hydrogen (secondary N) is 1. The topological polar surface area (TPSA) is 58.4 Å². The number of carbonyl (C=O) groups is 1. The van der Waals surface area contributed by atoms with Crippen LogP contribution in [-0.2, 0) is 4.79 Å². The standard InChI is InChI=1S/C14H19N3O/c15-8-10-4-3-7-17(9-10)13-11-5-1-2-6-12(11)16-14(13)18/h1-2,5-6,10,13H,3-4,7-9,15H2,(H,16,18). The molecule has 2 atom stereocenters. The third kappa shape index (κ3) is 1.91. The van der Waals surface area contributed by atoms with Gasteiger partial charge in [-0.05, 0) is 37.9 Å². The Kier molecular flexibility index (Phi) is 3.06. The molecule has 4 heteroatoms. The molecule has 1 fully saturated rings. The molecule has 1 aromatic carbocycles. The first kappa shape index (κ1) is 11.7. The van der Waals surface area contributed by atoms with E-state index in [0.29, 0.717) is 12.5 Å². The van der Waals surface area contributed by atoms with Gasteiger partial charge in [0.25, 0.3) is 0 Å². The zero-order chi connectivity index (χ0) is 12.5. The maximum atomic E-state index is 12.1. The average molecular weight is 245 g/mol. The lowest BCUT2D eigenvalue weighted by atomic mass is 9.95. The van der Waals surface area contributed by atoms with E-state index in [1.165, 1.54) is 6.42 Å². The lowest BCUT2D eigenvalue weighted by Gasteiger charge is -2.35. The molecule has 2 aliphatic heterocycles. The minimum atomic E-state index is -0.115.